The summed E-state index contributed by atoms with van der Waals surface area (Å²) in [7, 11) is 0. The van der Waals surface area contributed by atoms with Crippen molar-refractivity contribution in [3.63, 3.8) is 0 Å². The Bertz CT molecular complexity index is 460. The molecule has 0 aromatic heterocycles. The molecule has 3 fully saturated rings. The van der Waals surface area contributed by atoms with Gasteiger partial charge in [0.15, 0.2) is 0 Å². The summed E-state index contributed by atoms with van der Waals surface area (Å²) in [5, 5.41) is 10.6. The van der Waals surface area contributed by atoms with Crippen molar-refractivity contribution in [2.24, 2.45) is 17.8 Å². The van der Waals surface area contributed by atoms with Gasteiger partial charge in [0.25, 0.3) is 0 Å². The van der Waals surface area contributed by atoms with Crippen LogP contribution in [0.1, 0.15) is 46.5 Å². The number of rotatable bonds is 2. The molecule has 21 heavy (non-hydrogen) atoms. The van der Waals surface area contributed by atoms with Crippen LogP contribution in [0.15, 0.2) is 12.2 Å². The first kappa shape index (κ1) is 14.2. The van der Waals surface area contributed by atoms with Crippen molar-refractivity contribution >= 4 is 0 Å². The molecule has 3 heterocycles. The van der Waals surface area contributed by atoms with Crippen molar-refractivity contribution in [3.05, 3.63) is 12.2 Å². The average molecular weight is 291 g/mol. The van der Waals surface area contributed by atoms with Crippen molar-refractivity contribution in [2.45, 2.75) is 69.8 Å². The Morgan fingerprint density at radius 2 is 2.10 bits per heavy atom. The van der Waals surface area contributed by atoms with E-state index in [1.807, 2.05) is 0 Å². The molecule has 1 saturated carbocycles. The highest BCUT2D eigenvalue weighted by molar-refractivity contribution is 5.25. The van der Waals surface area contributed by atoms with E-state index in [0.29, 0.717) is 23.9 Å². The molecule has 3 aliphatic heterocycles. The summed E-state index contributed by atoms with van der Waals surface area (Å²) < 4.78 is 6.23. The Kier molecular flexibility index (Phi) is 3.09. The Balaban J connectivity index is 1.52. The van der Waals surface area contributed by atoms with Crippen molar-refractivity contribution < 1.29 is 9.84 Å². The third-order valence-electron chi connectivity index (χ3n) is 6.85. The van der Waals surface area contributed by atoms with E-state index in [2.05, 4.69) is 37.8 Å². The number of hydrogen-bond acceptors (Lipinski definition) is 3. The molecule has 0 aromatic rings. The monoisotopic (exact) mass is 291 g/mol. The number of aliphatic hydroxyl groups is 1. The Morgan fingerprint density at radius 3 is 2.76 bits per heavy atom. The molecule has 1 N–H and O–H groups in total. The predicted octanol–water partition coefficient (Wildman–Crippen LogP) is 2.59. The average Bonchev–Trinajstić information content (AvgIpc) is 3.04. The largest absolute Gasteiger partial charge is 0.393 e. The van der Waals surface area contributed by atoms with Gasteiger partial charge in [0, 0.05) is 30.5 Å². The maximum atomic E-state index is 10.6. The lowest BCUT2D eigenvalue weighted by Gasteiger charge is -2.47. The molecule has 2 bridgehead atoms. The molecule has 4 aliphatic rings. The minimum absolute atomic E-state index is 0.00511. The van der Waals surface area contributed by atoms with Crippen LogP contribution in [0.5, 0.6) is 0 Å². The maximum Gasteiger partial charge on any atom is 0.104 e. The second-order valence-electron chi connectivity index (χ2n) is 8.53. The summed E-state index contributed by atoms with van der Waals surface area (Å²) in [6.07, 6.45) is 9.37. The highest BCUT2D eigenvalue weighted by Crippen LogP contribution is 2.51. The zero-order chi connectivity index (χ0) is 14.8. The molecule has 4 rings (SSSR count). The van der Waals surface area contributed by atoms with Crippen LogP contribution in [0.25, 0.3) is 0 Å². The van der Waals surface area contributed by atoms with E-state index in [9.17, 15) is 5.11 Å². The smallest absolute Gasteiger partial charge is 0.104 e. The molecular weight excluding hydrogens is 262 g/mol. The van der Waals surface area contributed by atoms with Crippen LogP contribution >= 0.6 is 0 Å². The first-order chi connectivity index (χ1) is 9.91. The second kappa shape index (κ2) is 4.56. The highest BCUT2D eigenvalue weighted by Gasteiger charge is 2.58. The maximum absolute atomic E-state index is 10.6. The van der Waals surface area contributed by atoms with E-state index < -0.39 is 0 Å². The number of ether oxygens (including phenoxy) is 1. The normalized spacial score (nSPS) is 49.8. The van der Waals surface area contributed by atoms with Crippen LogP contribution in [0, 0.1) is 17.8 Å². The molecule has 1 spiro atoms. The zero-order valence-electron chi connectivity index (χ0n) is 13.6. The summed E-state index contributed by atoms with van der Waals surface area (Å²) in [6, 6.07) is 0. The Labute approximate surface area is 128 Å². The van der Waals surface area contributed by atoms with Crippen LogP contribution in [0.2, 0.25) is 0 Å². The second-order valence-corrected chi connectivity index (χ2v) is 8.53. The summed E-state index contributed by atoms with van der Waals surface area (Å²) in [6.45, 7) is 9.08. The lowest BCUT2D eigenvalue weighted by Crippen LogP contribution is -2.54. The quantitative estimate of drug-likeness (QED) is 0.794. The summed E-state index contributed by atoms with van der Waals surface area (Å²) in [5.74, 6) is 1.72. The number of likely N-dealkylation sites (tertiary alicyclic amines) is 1. The van der Waals surface area contributed by atoms with E-state index in [1.165, 1.54) is 12.8 Å². The fourth-order valence-corrected chi connectivity index (χ4v) is 5.39. The molecule has 3 heteroatoms. The molecule has 118 valence electrons. The molecule has 2 saturated heterocycles. The van der Waals surface area contributed by atoms with Gasteiger partial charge in [-0.2, -0.15) is 0 Å². The van der Waals surface area contributed by atoms with E-state index in [-0.39, 0.29) is 17.2 Å². The van der Waals surface area contributed by atoms with Gasteiger partial charge in [0.1, 0.15) is 5.60 Å². The summed E-state index contributed by atoms with van der Waals surface area (Å²) in [4.78, 5) is 2.60. The molecule has 0 amide bonds. The van der Waals surface area contributed by atoms with Gasteiger partial charge >= 0.3 is 0 Å². The van der Waals surface area contributed by atoms with Gasteiger partial charge in [-0.1, -0.05) is 25.5 Å². The van der Waals surface area contributed by atoms with Gasteiger partial charge in [0.2, 0.25) is 0 Å². The van der Waals surface area contributed by atoms with E-state index in [1.54, 1.807) is 0 Å². The van der Waals surface area contributed by atoms with Crippen LogP contribution in [-0.4, -0.2) is 46.4 Å². The highest BCUT2D eigenvalue weighted by atomic mass is 16.5. The van der Waals surface area contributed by atoms with Gasteiger partial charge in [0.05, 0.1) is 12.2 Å². The SMILES string of the molecule is C[C@@H]1CC[C@@H](C(C)(C)N2C[C@@H]3C[C@H]4C=C[C@]3(C2)O4)[C@H](O)C1. The first-order valence-electron chi connectivity index (χ1n) is 8.71. The number of aliphatic hydroxyl groups excluding tert-OH is 1. The molecular formula is C18H29NO2. The standard InChI is InChI=1S/C18H29NO2/c1-12-4-5-15(16(20)8-12)17(2,3)19-10-13-9-14-6-7-18(13,11-19)21-14/h6-7,12-16,20H,4-5,8-11H2,1-3H3/t12-,13+,14-,15-,16-,18-/m1/s1. The minimum atomic E-state index is -0.144. The Hall–Kier alpha value is -0.380. The first-order valence-corrected chi connectivity index (χ1v) is 8.71. The van der Waals surface area contributed by atoms with Gasteiger partial charge in [-0.15, -0.1) is 0 Å². The van der Waals surface area contributed by atoms with Crippen molar-refractivity contribution in [1.82, 2.24) is 4.90 Å². The molecule has 0 unspecified atom stereocenters. The molecule has 3 nitrogen and oxygen atoms in total. The number of hydrogen-bond donors (Lipinski definition) is 1. The fraction of sp³-hybridized carbons (Fsp3) is 0.889. The fourth-order valence-electron chi connectivity index (χ4n) is 5.39. The van der Waals surface area contributed by atoms with E-state index in [0.717, 1.165) is 25.9 Å². The zero-order valence-corrected chi connectivity index (χ0v) is 13.6. The molecule has 1 aliphatic carbocycles. The van der Waals surface area contributed by atoms with Crippen LogP contribution < -0.4 is 0 Å². The van der Waals surface area contributed by atoms with Crippen molar-refractivity contribution in [3.8, 4) is 0 Å². The molecule has 0 radical (unpaired) electrons. The minimum Gasteiger partial charge on any atom is -0.393 e. The third-order valence-corrected chi connectivity index (χ3v) is 6.85. The predicted molar refractivity (Wildman–Crippen MR) is 83.0 cm³/mol. The Morgan fingerprint density at radius 1 is 1.29 bits per heavy atom. The van der Waals surface area contributed by atoms with Gasteiger partial charge in [-0.3, -0.25) is 4.90 Å². The van der Waals surface area contributed by atoms with Gasteiger partial charge < -0.3 is 9.84 Å². The third kappa shape index (κ3) is 2.04. The van der Waals surface area contributed by atoms with Crippen molar-refractivity contribution in [2.75, 3.05) is 13.1 Å². The summed E-state index contributed by atoms with van der Waals surface area (Å²) >= 11 is 0. The van der Waals surface area contributed by atoms with Gasteiger partial charge in [-0.05, 0) is 39.0 Å². The number of fused-ring (bicyclic) bond motifs is 1. The van der Waals surface area contributed by atoms with E-state index >= 15 is 0 Å². The van der Waals surface area contributed by atoms with Crippen molar-refractivity contribution in [1.29, 1.82) is 0 Å². The lowest BCUT2D eigenvalue weighted by molar-refractivity contribution is -0.0506. The topological polar surface area (TPSA) is 32.7 Å². The van der Waals surface area contributed by atoms with Crippen LogP contribution in [0.4, 0.5) is 0 Å². The van der Waals surface area contributed by atoms with Crippen LogP contribution in [-0.2, 0) is 4.74 Å². The number of nitrogens with zero attached hydrogens (tertiary/aromatic N) is 1. The summed E-state index contributed by atoms with van der Waals surface area (Å²) in [5.41, 5.74) is 0.0583. The van der Waals surface area contributed by atoms with E-state index in [4.69, 9.17) is 4.74 Å². The lowest BCUT2D eigenvalue weighted by atomic mass is 9.71. The molecule has 0 aromatic carbocycles. The van der Waals surface area contributed by atoms with Gasteiger partial charge in [-0.25, -0.2) is 0 Å². The van der Waals surface area contributed by atoms with Crippen LogP contribution in [0.3, 0.4) is 0 Å². The molecule has 6 atom stereocenters.